The van der Waals surface area contributed by atoms with Crippen LogP contribution in [0, 0.1) is 12.8 Å². The zero-order valence-electron chi connectivity index (χ0n) is 16.3. The van der Waals surface area contributed by atoms with Crippen molar-refractivity contribution in [3.8, 4) is 0 Å². The maximum atomic E-state index is 12.6. The molecular formula is C21H28N2O3S. The molecule has 1 amide bonds. The number of hydrogen-bond acceptors (Lipinski definition) is 3. The number of hydrogen-bond donors (Lipinski definition) is 2. The van der Waals surface area contributed by atoms with Gasteiger partial charge in [0.25, 0.3) is 15.9 Å². The van der Waals surface area contributed by atoms with Gasteiger partial charge in [-0.15, -0.1) is 0 Å². The predicted octanol–water partition coefficient (Wildman–Crippen LogP) is 4.35. The minimum Gasteiger partial charge on any atom is -0.350 e. The number of amides is 1. The van der Waals surface area contributed by atoms with E-state index in [0.29, 0.717) is 17.2 Å². The van der Waals surface area contributed by atoms with Crippen LogP contribution >= 0.6 is 0 Å². The molecule has 2 aromatic rings. The van der Waals surface area contributed by atoms with E-state index in [4.69, 9.17) is 0 Å². The zero-order chi connectivity index (χ0) is 20.0. The molecule has 6 heteroatoms. The Morgan fingerprint density at radius 3 is 2.19 bits per heavy atom. The van der Waals surface area contributed by atoms with Gasteiger partial charge in [0.05, 0.1) is 10.6 Å². The molecule has 0 bridgehead atoms. The third kappa shape index (κ3) is 6.10. The van der Waals surface area contributed by atoms with Crippen molar-refractivity contribution in [1.82, 2.24) is 5.32 Å². The molecule has 2 rings (SSSR count). The second-order valence-electron chi connectivity index (χ2n) is 7.29. The Morgan fingerprint density at radius 2 is 1.59 bits per heavy atom. The van der Waals surface area contributed by atoms with Crippen LogP contribution in [-0.4, -0.2) is 20.4 Å². The molecule has 1 atom stereocenters. The highest BCUT2D eigenvalue weighted by Crippen LogP contribution is 2.19. The summed E-state index contributed by atoms with van der Waals surface area (Å²) in [7, 11) is -3.70. The molecule has 0 aliphatic carbocycles. The normalized spacial score (nSPS) is 12.6. The number of nitrogens with one attached hydrogen (secondary N) is 2. The summed E-state index contributed by atoms with van der Waals surface area (Å²) in [6.07, 6.45) is 1.96. The van der Waals surface area contributed by atoms with E-state index in [1.54, 1.807) is 12.1 Å². The van der Waals surface area contributed by atoms with Gasteiger partial charge in [-0.2, -0.15) is 0 Å². The Labute approximate surface area is 162 Å². The zero-order valence-corrected chi connectivity index (χ0v) is 17.1. The summed E-state index contributed by atoms with van der Waals surface area (Å²) in [5.74, 6) is 0.400. The Kier molecular flexibility index (Phi) is 7.02. The Hall–Kier alpha value is -2.34. The average Bonchev–Trinajstić information content (AvgIpc) is 2.62. The highest BCUT2D eigenvalue weighted by Gasteiger charge is 2.16. The highest BCUT2D eigenvalue weighted by molar-refractivity contribution is 7.92. The summed E-state index contributed by atoms with van der Waals surface area (Å²) in [6, 6.07) is 13.2. The van der Waals surface area contributed by atoms with Gasteiger partial charge in [0.1, 0.15) is 0 Å². The van der Waals surface area contributed by atoms with Gasteiger partial charge in [-0.1, -0.05) is 32.0 Å². The van der Waals surface area contributed by atoms with Gasteiger partial charge >= 0.3 is 0 Å². The monoisotopic (exact) mass is 388 g/mol. The van der Waals surface area contributed by atoms with Gasteiger partial charge in [-0.05, 0) is 68.5 Å². The van der Waals surface area contributed by atoms with Crippen LogP contribution in [0.15, 0.2) is 53.4 Å². The van der Waals surface area contributed by atoms with Gasteiger partial charge in [0.2, 0.25) is 0 Å². The van der Waals surface area contributed by atoms with Gasteiger partial charge < -0.3 is 5.32 Å². The van der Waals surface area contributed by atoms with Crippen LogP contribution in [0.2, 0.25) is 0 Å². The first-order valence-corrected chi connectivity index (χ1v) is 10.7. The largest absolute Gasteiger partial charge is 0.350 e. The standard InChI is InChI=1S/C21H28N2O3S/c1-15(2)9-10-17(4)22-21(24)18-11-13-19(14-12-18)27(25,26)23-20-8-6-5-7-16(20)3/h5-8,11-15,17,23H,9-10H2,1-4H3,(H,22,24). The molecule has 0 aliphatic rings. The fourth-order valence-corrected chi connectivity index (χ4v) is 3.77. The number of carbonyl (C=O) groups excluding carboxylic acids is 1. The first kappa shape index (κ1) is 21.0. The molecule has 0 saturated carbocycles. The van der Waals surface area contributed by atoms with E-state index in [2.05, 4.69) is 23.9 Å². The van der Waals surface area contributed by atoms with Crippen molar-refractivity contribution in [3.63, 3.8) is 0 Å². The van der Waals surface area contributed by atoms with Crippen molar-refractivity contribution in [1.29, 1.82) is 0 Å². The minimum atomic E-state index is -3.70. The van der Waals surface area contributed by atoms with E-state index < -0.39 is 10.0 Å². The second-order valence-corrected chi connectivity index (χ2v) is 8.97. The molecule has 0 spiro atoms. The van der Waals surface area contributed by atoms with Gasteiger partial charge in [-0.3, -0.25) is 9.52 Å². The minimum absolute atomic E-state index is 0.0750. The van der Waals surface area contributed by atoms with Crippen LogP contribution in [-0.2, 0) is 10.0 Å². The molecule has 146 valence electrons. The lowest BCUT2D eigenvalue weighted by atomic mass is 10.0. The summed E-state index contributed by atoms with van der Waals surface area (Å²) < 4.78 is 27.7. The van der Waals surface area contributed by atoms with E-state index >= 15 is 0 Å². The Balaban J connectivity index is 2.05. The van der Waals surface area contributed by atoms with Crippen LogP contribution in [0.5, 0.6) is 0 Å². The number of rotatable bonds is 8. The van der Waals surface area contributed by atoms with E-state index in [9.17, 15) is 13.2 Å². The molecule has 0 radical (unpaired) electrons. The van der Waals surface area contributed by atoms with E-state index in [-0.39, 0.29) is 16.8 Å². The van der Waals surface area contributed by atoms with Crippen LogP contribution < -0.4 is 10.0 Å². The molecular weight excluding hydrogens is 360 g/mol. The van der Waals surface area contributed by atoms with Gasteiger partial charge in [0.15, 0.2) is 0 Å². The molecule has 0 saturated heterocycles. The quantitative estimate of drug-likeness (QED) is 0.706. The molecule has 27 heavy (non-hydrogen) atoms. The maximum Gasteiger partial charge on any atom is 0.261 e. The molecule has 0 aliphatic heterocycles. The van der Waals surface area contributed by atoms with E-state index in [1.807, 2.05) is 26.0 Å². The molecule has 5 nitrogen and oxygen atoms in total. The summed E-state index contributed by atoms with van der Waals surface area (Å²) in [6.45, 7) is 8.12. The second kappa shape index (κ2) is 9.04. The number of para-hydroxylation sites is 1. The molecule has 1 unspecified atom stereocenters. The number of benzene rings is 2. The van der Waals surface area contributed by atoms with Crippen molar-refractivity contribution in [3.05, 3.63) is 59.7 Å². The molecule has 2 aromatic carbocycles. The first-order valence-electron chi connectivity index (χ1n) is 9.18. The van der Waals surface area contributed by atoms with Crippen molar-refractivity contribution in [2.75, 3.05) is 4.72 Å². The smallest absolute Gasteiger partial charge is 0.261 e. The summed E-state index contributed by atoms with van der Waals surface area (Å²) >= 11 is 0. The molecule has 0 heterocycles. The highest BCUT2D eigenvalue weighted by atomic mass is 32.2. The lowest BCUT2D eigenvalue weighted by molar-refractivity contribution is 0.0937. The SMILES string of the molecule is Cc1ccccc1NS(=O)(=O)c1ccc(C(=O)NC(C)CCC(C)C)cc1. The molecule has 2 N–H and O–H groups in total. The van der Waals surface area contributed by atoms with Gasteiger partial charge in [-0.25, -0.2) is 8.42 Å². The average molecular weight is 389 g/mol. The summed E-state index contributed by atoms with van der Waals surface area (Å²) in [4.78, 5) is 12.4. The third-order valence-corrected chi connectivity index (χ3v) is 5.75. The number of aryl methyl sites for hydroxylation is 1. The fourth-order valence-electron chi connectivity index (χ4n) is 2.64. The van der Waals surface area contributed by atoms with Crippen LogP contribution in [0.25, 0.3) is 0 Å². The summed E-state index contributed by atoms with van der Waals surface area (Å²) in [5.41, 5.74) is 1.83. The third-order valence-electron chi connectivity index (χ3n) is 4.37. The fraction of sp³-hybridized carbons (Fsp3) is 0.381. The van der Waals surface area contributed by atoms with Crippen molar-refractivity contribution < 1.29 is 13.2 Å². The van der Waals surface area contributed by atoms with Crippen LogP contribution in [0.3, 0.4) is 0 Å². The van der Waals surface area contributed by atoms with Gasteiger partial charge in [0, 0.05) is 11.6 Å². The predicted molar refractivity (Wildman–Crippen MR) is 109 cm³/mol. The van der Waals surface area contributed by atoms with Crippen molar-refractivity contribution in [2.24, 2.45) is 5.92 Å². The van der Waals surface area contributed by atoms with Crippen molar-refractivity contribution >= 4 is 21.6 Å². The first-order chi connectivity index (χ1) is 12.7. The lowest BCUT2D eigenvalue weighted by Crippen LogP contribution is -2.32. The van der Waals surface area contributed by atoms with Crippen LogP contribution in [0.4, 0.5) is 5.69 Å². The number of anilines is 1. The molecule has 0 aromatic heterocycles. The Bertz CT molecular complexity index is 875. The maximum absolute atomic E-state index is 12.6. The summed E-state index contributed by atoms with van der Waals surface area (Å²) in [5, 5.41) is 2.95. The lowest BCUT2D eigenvalue weighted by Gasteiger charge is -2.15. The van der Waals surface area contributed by atoms with E-state index in [1.165, 1.54) is 24.3 Å². The number of carbonyl (C=O) groups is 1. The van der Waals surface area contributed by atoms with Crippen molar-refractivity contribution in [2.45, 2.75) is 51.5 Å². The van der Waals surface area contributed by atoms with E-state index in [0.717, 1.165) is 18.4 Å². The number of sulfonamides is 1. The topological polar surface area (TPSA) is 75.3 Å². The Morgan fingerprint density at radius 1 is 0.963 bits per heavy atom. The molecule has 0 fully saturated rings. The van der Waals surface area contributed by atoms with Crippen LogP contribution in [0.1, 0.15) is 49.5 Å².